The molecule has 0 radical (unpaired) electrons. The van der Waals surface area contributed by atoms with E-state index in [4.69, 9.17) is 0 Å². The average Bonchev–Trinajstić information content (AvgIpc) is 3.51. The van der Waals surface area contributed by atoms with Gasteiger partial charge in [-0.05, 0) is 61.0 Å². The average molecular weight is 576 g/mol. The lowest BCUT2D eigenvalue weighted by molar-refractivity contribution is -0.143. The molecular weight excluding hydrogens is 534 g/mol. The maximum atomic E-state index is 14.4. The zero-order valence-electron chi connectivity index (χ0n) is 24.4. The van der Waals surface area contributed by atoms with Gasteiger partial charge in [-0.3, -0.25) is 19.2 Å². The van der Waals surface area contributed by atoms with E-state index >= 15 is 0 Å². The smallest absolute Gasteiger partial charge is 0.268 e. The number of fused-ring (bicyclic) bond motifs is 2. The molecular formula is C32H41N5O5. The largest absolute Gasteiger partial charge is 0.356 e. The number of aldehydes is 1. The Kier molecular flexibility index (Phi) is 7.57. The van der Waals surface area contributed by atoms with Crippen molar-refractivity contribution in [1.29, 1.82) is 0 Å². The highest BCUT2D eigenvalue weighted by molar-refractivity contribution is 6.01. The highest BCUT2D eigenvalue weighted by Crippen LogP contribution is 2.65. The first-order valence-corrected chi connectivity index (χ1v) is 15.4. The van der Waals surface area contributed by atoms with Crippen LogP contribution in [0.25, 0.3) is 10.9 Å². The second kappa shape index (κ2) is 11.2. The molecule has 4 aliphatic rings. The van der Waals surface area contributed by atoms with Gasteiger partial charge < -0.3 is 30.6 Å². The topological polar surface area (TPSA) is 140 Å². The van der Waals surface area contributed by atoms with Crippen LogP contribution in [0, 0.1) is 29.1 Å². The predicted molar refractivity (Wildman–Crippen MR) is 156 cm³/mol. The van der Waals surface area contributed by atoms with E-state index in [1.165, 1.54) is 0 Å². The first-order chi connectivity index (χ1) is 20.2. The number of nitrogens with zero attached hydrogens (tertiary/aromatic N) is 1. The van der Waals surface area contributed by atoms with E-state index in [0.29, 0.717) is 31.5 Å². The lowest BCUT2D eigenvalue weighted by atomic mass is 9.83. The molecule has 6 atom stereocenters. The van der Waals surface area contributed by atoms with Gasteiger partial charge in [-0.25, -0.2) is 0 Å². The number of hydrogen-bond donors (Lipinski definition) is 4. The number of H-pyrrole nitrogens is 1. The Balaban J connectivity index is 1.22. The van der Waals surface area contributed by atoms with Crippen LogP contribution in [-0.4, -0.2) is 71.0 Å². The Morgan fingerprint density at radius 3 is 2.55 bits per heavy atom. The van der Waals surface area contributed by atoms with Crippen LogP contribution in [0.15, 0.2) is 30.3 Å². The first kappa shape index (κ1) is 28.4. The summed E-state index contributed by atoms with van der Waals surface area (Å²) >= 11 is 0. The molecule has 0 unspecified atom stereocenters. The van der Waals surface area contributed by atoms with Crippen molar-refractivity contribution in [2.45, 2.75) is 76.9 Å². The number of para-hydroxylation sites is 1. The molecule has 224 valence electrons. The summed E-state index contributed by atoms with van der Waals surface area (Å²) in [5.41, 5.74) is 1.14. The third-order valence-electron chi connectivity index (χ3n) is 10.4. The van der Waals surface area contributed by atoms with Crippen molar-refractivity contribution in [3.05, 3.63) is 36.0 Å². The number of aromatic amines is 1. The summed E-state index contributed by atoms with van der Waals surface area (Å²) in [5, 5.41) is 9.62. The summed E-state index contributed by atoms with van der Waals surface area (Å²) in [4.78, 5) is 70.5. The quantitative estimate of drug-likeness (QED) is 0.340. The van der Waals surface area contributed by atoms with Gasteiger partial charge in [0.05, 0.1) is 6.04 Å². The van der Waals surface area contributed by atoms with Gasteiger partial charge in [0.2, 0.25) is 17.7 Å². The van der Waals surface area contributed by atoms with Gasteiger partial charge >= 0.3 is 0 Å². The monoisotopic (exact) mass is 575 g/mol. The lowest BCUT2D eigenvalue weighted by Crippen LogP contribution is -2.59. The van der Waals surface area contributed by atoms with Crippen molar-refractivity contribution in [3.8, 4) is 0 Å². The molecule has 2 aliphatic heterocycles. The molecule has 10 heteroatoms. The third-order valence-corrected chi connectivity index (χ3v) is 10.4. The Hall–Kier alpha value is -3.69. The fourth-order valence-electron chi connectivity index (χ4n) is 7.85. The van der Waals surface area contributed by atoms with Gasteiger partial charge in [0, 0.05) is 29.9 Å². The molecule has 2 saturated heterocycles. The van der Waals surface area contributed by atoms with Crippen molar-refractivity contribution in [1.82, 2.24) is 25.8 Å². The maximum Gasteiger partial charge on any atom is 0.268 e. The second-order valence-electron chi connectivity index (χ2n) is 13.3. The van der Waals surface area contributed by atoms with E-state index in [0.717, 1.165) is 43.0 Å². The van der Waals surface area contributed by atoms with Crippen LogP contribution < -0.4 is 16.0 Å². The number of nitrogens with one attached hydrogen (secondary N) is 4. The second-order valence-corrected chi connectivity index (χ2v) is 13.3. The summed E-state index contributed by atoms with van der Waals surface area (Å²) in [6.07, 6.45) is 6.32. The molecule has 4 N–H and O–H groups in total. The summed E-state index contributed by atoms with van der Waals surface area (Å²) < 4.78 is 0. The minimum Gasteiger partial charge on any atom is -0.356 e. The molecule has 1 aromatic carbocycles. The number of aromatic nitrogens is 1. The number of benzene rings is 1. The molecule has 1 aromatic heterocycles. The van der Waals surface area contributed by atoms with Crippen molar-refractivity contribution in [2.24, 2.45) is 29.1 Å². The summed E-state index contributed by atoms with van der Waals surface area (Å²) in [5.74, 6) is -1.22. The van der Waals surface area contributed by atoms with E-state index < -0.39 is 18.1 Å². The van der Waals surface area contributed by atoms with Crippen LogP contribution in [-0.2, 0) is 19.2 Å². The zero-order valence-corrected chi connectivity index (χ0v) is 24.4. The summed E-state index contributed by atoms with van der Waals surface area (Å²) in [6, 6.07) is 7.16. The number of amides is 4. The van der Waals surface area contributed by atoms with Crippen LogP contribution in [0.5, 0.6) is 0 Å². The highest BCUT2D eigenvalue weighted by atomic mass is 16.2. The normalized spacial score (nSPS) is 28.0. The fourth-order valence-corrected chi connectivity index (χ4v) is 7.85. The van der Waals surface area contributed by atoms with Crippen LogP contribution >= 0.6 is 0 Å². The van der Waals surface area contributed by atoms with Crippen LogP contribution in [0.1, 0.15) is 69.3 Å². The molecule has 3 heterocycles. The predicted octanol–water partition coefficient (Wildman–Crippen LogP) is 2.54. The molecule has 2 saturated carbocycles. The third kappa shape index (κ3) is 5.20. The van der Waals surface area contributed by atoms with E-state index in [9.17, 15) is 24.0 Å². The Bertz CT molecular complexity index is 1360. The lowest BCUT2D eigenvalue weighted by Gasteiger charge is -2.37. The fraction of sp³-hybridized carbons (Fsp3) is 0.594. The van der Waals surface area contributed by atoms with Gasteiger partial charge in [0.25, 0.3) is 5.91 Å². The zero-order chi connectivity index (χ0) is 29.6. The van der Waals surface area contributed by atoms with E-state index in [-0.39, 0.29) is 59.1 Å². The van der Waals surface area contributed by atoms with Crippen molar-refractivity contribution >= 4 is 40.8 Å². The first-order valence-electron chi connectivity index (χ1n) is 15.4. The SMILES string of the molecule is CC1(C)[C@@H]2[C@@H](C(=O)N[C@H](C=O)C[C@@H]3CCNC3=O)N(C(=O)[C@@H](NC(=O)c3cc4ccccc4[nH]3)C3CCCCC3)C[C@@H]21. The molecule has 0 spiro atoms. The van der Waals surface area contributed by atoms with E-state index in [1.54, 1.807) is 11.0 Å². The molecule has 6 rings (SSSR count). The van der Waals surface area contributed by atoms with Crippen LogP contribution in [0.4, 0.5) is 0 Å². The maximum absolute atomic E-state index is 14.4. The van der Waals surface area contributed by atoms with Gasteiger partial charge in [-0.2, -0.15) is 0 Å². The molecule has 2 aromatic rings. The number of carbonyl (C=O) groups excluding carboxylic acids is 5. The van der Waals surface area contributed by atoms with Crippen molar-refractivity contribution < 1.29 is 24.0 Å². The van der Waals surface area contributed by atoms with Gasteiger partial charge in [-0.1, -0.05) is 51.3 Å². The molecule has 4 amide bonds. The van der Waals surface area contributed by atoms with E-state index in [1.807, 2.05) is 24.3 Å². The minimum absolute atomic E-state index is 0.0168. The molecule has 0 bridgehead atoms. The van der Waals surface area contributed by atoms with Gasteiger partial charge in [0.1, 0.15) is 24.1 Å². The Morgan fingerprint density at radius 1 is 1.10 bits per heavy atom. The summed E-state index contributed by atoms with van der Waals surface area (Å²) in [6.45, 7) is 5.23. The number of hydrogen-bond acceptors (Lipinski definition) is 5. The molecule has 2 aliphatic carbocycles. The van der Waals surface area contributed by atoms with Gasteiger partial charge in [0.15, 0.2) is 0 Å². The molecule has 4 fully saturated rings. The molecule has 42 heavy (non-hydrogen) atoms. The number of likely N-dealkylation sites (tertiary alicyclic amines) is 1. The number of piperidine rings is 1. The van der Waals surface area contributed by atoms with Crippen molar-refractivity contribution in [3.63, 3.8) is 0 Å². The van der Waals surface area contributed by atoms with E-state index in [2.05, 4.69) is 34.8 Å². The standard InChI is InChI=1S/C32H41N5O5/c1-32(2)22-16-37(27(25(22)32)30(41)34-21(17-38)14-20-12-13-33-28(20)39)31(42)26(18-8-4-3-5-9-18)36-29(40)24-15-19-10-6-7-11-23(19)35-24/h6-7,10-11,15,17-18,20-22,25-27,35H,3-5,8-9,12-14,16H2,1-2H3,(H,33,39)(H,34,41)(H,36,40)/t20-,21-,22-,25-,26-,27-/m0/s1. The summed E-state index contributed by atoms with van der Waals surface area (Å²) in [7, 11) is 0. The number of carbonyl (C=O) groups is 5. The Morgan fingerprint density at radius 2 is 1.86 bits per heavy atom. The molecule has 10 nitrogen and oxygen atoms in total. The minimum atomic E-state index is -0.805. The number of rotatable bonds is 9. The van der Waals surface area contributed by atoms with Crippen LogP contribution in [0.2, 0.25) is 0 Å². The van der Waals surface area contributed by atoms with Crippen molar-refractivity contribution in [2.75, 3.05) is 13.1 Å². The van der Waals surface area contributed by atoms with Gasteiger partial charge in [-0.15, -0.1) is 0 Å². The highest BCUT2D eigenvalue weighted by Gasteiger charge is 2.69. The Labute approximate surface area is 245 Å². The van der Waals surface area contributed by atoms with Crippen LogP contribution in [0.3, 0.4) is 0 Å².